The molecule has 1 aliphatic rings. The zero-order chi connectivity index (χ0) is 23.5. The van der Waals surface area contributed by atoms with Crippen LogP contribution in [-0.4, -0.2) is 53.3 Å². The number of carbonyl (C=O) groups excluding carboxylic acids is 1. The van der Waals surface area contributed by atoms with Crippen molar-refractivity contribution in [3.8, 4) is 5.75 Å². The first-order valence-electron chi connectivity index (χ1n) is 10.2. The van der Waals surface area contributed by atoms with Gasteiger partial charge in [-0.05, 0) is 63.1 Å². The number of hydrogen-bond acceptors (Lipinski definition) is 6. The van der Waals surface area contributed by atoms with Crippen LogP contribution in [0, 0.1) is 0 Å². The molecule has 1 heterocycles. The van der Waals surface area contributed by atoms with Gasteiger partial charge in [-0.1, -0.05) is 6.07 Å². The second-order valence-electron chi connectivity index (χ2n) is 7.73. The Labute approximate surface area is 188 Å². The van der Waals surface area contributed by atoms with Gasteiger partial charge in [-0.15, -0.1) is 0 Å². The van der Waals surface area contributed by atoms with Crippen molar-refractivity contribution in [3.63, 3.8) is 0 Å². The maximum absolute atomic E-state index is 12.8. The second-order valence-corrected chi connectivity index (χ2v) is 11.4. The van der Waals surface area contributed by atoms with E-state index >= 15 is 0 Å². The highest BCUT2D eigenvalue weighted by molar-refractivity contribution is 7.89. The van der Waals surface area contributed by atoms with Crippen LogP contribution in [0.25, 0.3) is 0 Å². The maximum Gasteiger partial charge on any atom is 0.255 e. The van der Waals surface area contributed by atoms with Gasteiger partial charge in [-0.3, -0.25) is 4.79 Å². The van der Waals surface area contributed by atoms with Crippen molar-refractivity contribution >= 4 is 31.6 Å². The molecule has 32 heavy (non-hydrogen) atoms. The van der Waals surface area contributed by atoms with Crippen LogP contribution in [-0.2, 0) is 20.0 Å². The summed E-state index contributed by atoms with van der Waals surface area (Å²) in [5.41, 5.74) is 0.374. The summed E-state index contributed by atoms with van der Waals surface area (Å²) >= 11 is 0. The van der Waals surface area contributed by atoms with Gasteiger partial charge in [0.1, 0.15) is 10.6 Å². The Morgan fingerprint density at radius 3 is 2.34 bits per heavy atom. The topological polar surface area (TPSA) is 122 Å². The zero-order valence-corrected chi connectivity index (χ0v) is 19.8. The molecule has 1 fully saturated rings. The largest absolute Gasteiger partial charge is 0.495 e. The first-order valence-corrected chi connectivity index (χ1v) is 13.1. The number of nitrogens with one attached hydrogen (secondary N) is 2. The molecular formula is C21H27N3O6S2. The van der Waals surface area contributed by atoms with Gasteiger partial charge in [0.15, 0.2) is 0 Å². The molecule has 0 radical (unpaired) electrons. The highest BCUT2D eigenvalue weighted by Gasteiger charge is 2.27. The van der Waals surface area contributed by atoms with Gasteiger partial charge in [0.05, 0.1) is 12.0 Å². The van der Waals surface area contributed by atoms with Gasteiger partial charge in [-0.2, -0.15) is 4.31 Å². The molecule has 3 rings (SSSR count). The average Bonchev–Trinajstić information content (AvgIpc) is 3.28. The molecule has 0 spiro atoms. The Morgan fingerprint density at radius 1 is 1.03 bits per heavy atom. The van der Waals surface area contributed by atoms with E-state index in [1.807, 2.05) is 0 Å². The van der Waals surface area contributed by atoms with E-state index in [0.29, 0.717) is 13.1 Å². The molecule has 174 valence electrons. The van der Waals surface area contributed by atoms with Gasteiger partial charge < -0.3 is 10.1 Å². The number of amides is 1. The Hall–Kier alpha value is -2.47. The van der Waals surface area contributed by atoms with E-state index in [0.717, 1.165) is 12.8 Å². The first kappa shape index (κ1) is 24.2. The Kier molecular flexibility index (Phi) is 7.23. The van der Waals surface area contributed by atoms with Crippen LogP contribution in [0.5, 0.6) is 5.75 Å². The van der Waals surface area contributed by atoms with Gasteiger partial charge in [0.2, 0.25) is 20.0 Å². The quantitative estimate of drug-likeness (QED) is 0.597. The standard InChI is InChI=1S/C21H27N3O6S2/c1-15(2)23-31(26,27)20-13-16(9-10-19(20)30-3)21(25)22-17-7-6-8-18(14-17)32(28,29)24-11-4-5-12-24/h6-10,13-15,23H,4-5,11-12H2,1-3H3,(H,22,25). The Morgan fingerprint density at radius 2 is 1.72 bits per heavy atom. The second kappa shape index (κ2) is 9.57. The van der Waals surface area contributed by atoms with E-state index in [2.05, 4.69) is 10.0 Å². The highest BCUT2D eigenvalue weighted by Crippen LogP contribution is 2.27. The zero-order valence-electron chi connectivity index (χ0n) is 18.2. The molecule has 2 aromatic carbocycles. The van der Waals surface area contributed by atoms with Gasteiger partial charge in [0.25, 0.3) is 5.91 Å². The van der Waals surface area contributed by atoms with Gasteiger partial charge >= 0.3 is 0 Å². The summed E-state index contributed by atoms with van der Waals surface area (Å²) < 4.78 is 59.9. The average molecular weight is 482 g/mol. The van der Waals surface area contributed by atoms with Crippen molar-refractivity contribution in [1.82, 2.24) is 9.03 Å². The van der Waals surface area contributed by atoms with E-state index in [-0.39, 0.29) is 32.8 Å². The van der Waals surface area contributed by atoms with Gasteiger partial charge in [0, 0.05) is 30.4 Å². The fourth-order valence-corrected chi connectivity index (χ4v) is 6.43. The van der Waals surface area contributed by atoms with E-state index in [1.54, 1.807) is 26.0 Å². The summed E-state index contributed by atoms with van der Waals surface area (Å²) in [5, 5.41) is 2.64. The molecule has 0 aromatic heterocycles. The minimum absolute atomic E-state index is 0.0859. The van der Waals surface area contributed by atoms with Crippen molar-refractivity contribution in [3.05, 3.63) is 48.0 Å². The molecule has 1 saturated heterocycles. The summed E-state index contributed by atoms with van der Waals surface area (Å²) in [4.78, 5) is 12.7. The molecule has 2 N–H and O–H groups in total. The predicted octanol–water partition coefficient (Wildman–Crippen LogP) is 2.42. The Balaban J connectivity index is 1.87. The number of ether oxygens (including phenoxy) is 1. The normalized spacial score (nSPS) is 15.1. The summed E-state index contributed by atoms with van der Waals surface area (Å²) in [5.74, 6) is -0.474. The number of carbonyl (C=O) groups is 1. The number of hydrogen-bond donors (Lipinski definition) is 2. The van der Waals surface area contributed by atoms with Crippen LogP contribution < -0.4 is 14.8 Å². The third kappa shape index (κ3) is 5.29. The minimum Gasteiger partial charge on any atom is -0.495 e. The van der Waals surface area contributed by atoms with E-state index in [1.165, 1.54) is 41.7 Å². The molecule has 1 aliphatic heterocycles. The van der Waals surface area contributed by atoms with Crippen LogP contribution in [0.3, 0.4) is 0 Å². The number of nitrogens with zero attached hydrogens (tertiary/aromatic N) is 1. The summed E-state index contributed by atoms with van der Waals surface area (Å²) in [6.07, 6.45) is 1.65. The predicted molar refractivity (Wildman–Crippen MR) is 121 cm³/mol. The van der Waals surface area contributed by atoms with Crippen LogP contribution in [0.2, 0.25) is 0 Å². The summed E-state index contributed by atoms with van der Waals surface area (Å²) in [7, 11) is -6.19. The van der Waals surface area contributed by atoms with Crippen molar-refractivity contribution in [2.45, 2.75) is 42.5 Å². The number of benzene rings is 2. The van der Waals surface area contributed by atoms with Crippen molar-refractivity contribution in [1.29, 1.82) is 0 Å². The maximum atomic E-state index is 12.8. The lowest BCUT2D eigenvalue weighted by molar-refractivity contribution is 0.102. The molecule has 9 nitrogen and oxygen atoms in total. The summed E-state index contributed by atoms with van der Waals surface area (Å²) in [6.45, 7) is 4.33. The van der Waals surface area contributed by atoms with Crippen molar-refractivity contribution in [2.24, 2.45) is 0 Å². The minimum atomic E-state index is -3.91. The molecule has 0 saturated carbocycles. The molecule has 11 heteroatoms. The number of anilines is 1. The van der Waals surface area contributed by atoms with Crippen LogP contribution in [0.15, 0.2) is 52.3 Å². The first-order chi connectivity index (χ1) is 15.0. The summed E-state index contributed by atoms with van der Waals surface area (Å²) in [6, 6.07) is 9.72. The van der Waals surface area contributed by atoms with Crippen LogP contribution >= 0.6 is 0 Å². The molecule has 1 amide bonds. The Bertz CT molecular complexity index is 1200. The monoisotopic (exact) mass is 481 g/mol. The third-order valence-electron chi connectivity index (χ3n) is 4.90. The molecule has 2 aromatic rings. The molecule has 0 unspecified atom stereocenters. The van der Waals surface area contributed by atoms with Crippen molar-refractivity contribution in [2.75, 3.05) is 25.5 Å². The molecule has 0 atom stereocenters. The molecular weight excluding hydrogens is 454 g/mol. The van der Waals surface area contributed by atoms with Crippen molar-refractivity contribution < 1.29 is 26.4 Å². The highest BCUT2D eigenvalue weighted by atomic mass is 32.2. The fraction of sp³-hybridized carbons (Fsp3) is 0.381. The number of rotatable bonds is 8. The number of sulfonamides is 2. The van der Waals surface area contributed by atoms with E-state index < -0.39 is 26.0 Å². The van der Waals surface area contributed by atoms with E-state index in [9.17, 15) is 21.6 Å². The van der Waals surface area contributed by atoms with Crippen LogP contribution in [0.4, 0.5) is 5.69 Å². The lowest BCUT2D eigenvalue weighted by Gasteiger charge is -2.16. The van der Waals surface area contributed by atoms with Crippen LogP contribution in [0.1, 0.15) is 37.0 Å². The van der Waals surface area contributed by atoms with E-state index in [4.69, 9.17) is 4.74 Å². The van der Waals surface area contributed by atoms with Gasteiger partial charge in [-0.25, -0.2) is 21.6 Å². The molecule has 0 bridgehead atoms. The lowest BCUT2D eigenvalue weighted by Crippen LogP contribution is -2.30. The lowest BCUT2D eigenvalue weighted by atomic mass is 10.2. The SMILES string of the molecule is COc1ccc(C(=O)Nc2cccc(S(=O)(=O)N3CCCC3)c2)cc1S(=O)(=O)NC(C)C. The molecule has 0 aliphatic carbocycles. The smallest absolute Gasteiger partial charge is 0.255 e. The fourth-order valence-electron chi connectivity index (χ4n) is 3.42. The third-order valence-corrected chi connectivity index (χ3v) is 8.48. The number of methoxy groups -OCH3 is 1.